The maximum atomic E-state index is 12.2. The van der Waals surface area contributed by atoms with Crippen LogP contribution in [0.3, 0.4) is 0 Å². The van der Waals surface area contributed by atoms with E-state index in [2.05, 4.69) is 5.32 Å². The van der Waals surface area contributed by atoms with Crippen LogP contribution >= 0.6 is 0 Å². The van der Waals surface area contributed by atoms with E-state index in [0.717, 1.165) is 12.8 Å². The van der Waals surface area contributed by atoms with Crippen LogP contribution in [0.15, 0.2) is 18.2 Å². The summed E-state index contributed by atoms with van der Waals surface area (Å²) in [4.78, 5) is 12.2. The van der Waals surface area contributed by atoms with Crippen molar-refractivity contribution < 1.29 is 9.53 Å². The number of benzene rings is 1. The maximum absolute atomic E-state index is 12.2. The second-order valence-corrected chi connectivity index (χ2v) is 5.35. The highest BCUT2D eigenvalue weighted by atomic mass is 16.5. The normalized spacial score (nSPS) is 16.4. The van der Waals surface area contributed by atoms with Gasteiger partial charge in [0.25, 0.3) is 5.91 Å². The molecule has 0 saturated heterocycles. The molecule has 4 heteroatoms. The second-order valence-electron chi connectivity index (χ2n) is 5.35. The highest BCUT2D eigenvalue weighted by molar-refractivity contribution is 5.95. The van der Waals surface area contributed by atoms with Gasteiger partial charge in [-0.05, 0) is 38.0 Å². The van der Waals surface area contributed by atoms with Gasteiger partial charge in [0.1, 0.15) is 5.75 Å². The molecule has 1 amide bonds. The molecular formula is C16H24N2O2. The lowest BCUT2D eigenvalue weighted by Gasteiger charge is -2.16. The van der Waals surface area contributed by atoms with E-state index in [9.17, 15) is 4.79 Å². The quantitative estimate of drug-likeness (QED) is 0.656. The van der Waals surface area contributed by atoms with E-state index in [1.54, 1.807) is 18.2 Å². The Bertz CT molecular complexity index is 452. The fraction of sp³-hybridized carbons (Fsp3) is 0.562. The molecule has 2 rings (SSSR count). The molecule has 0 aliphatic heterocycles. The summed E-state index contributed by atoms with van der Waals surface area (Å²) in [6, 6.07) is 5.53. The molecule has 1 saturated carbocycles. The lowest BCUT2D eigenvalue weighted by Crippen LogP contribution is -2.34. The largest absolute Gasteiger partial charge is 0.492 e. The van der Waals surface area contributed by atoms with Crippen molar-refractivity contribution in [3.63, 3.8) is 0 Å². The number of rotatable bonds is 4. The van der Waals surface area contributed by atoms with Gasteiger partial charge < -0.3 is 15.8 Å². The number of nitrogen functional groups attached to an aromatic ring is 1. The molecule has 20 heavy (non-hydrogen) atoms. The van der Waals surface area contributed by atoms with E-state index >= 15 is 0 Å². The average Bonchev–Trinajstić information content (AvgIpc) is 2.70. The molecule has 0 bridgehead atoms. The Kier molecular flexibility index (Phi) is 5.27. The van der Waals surface area contributed by atoms with E-state index in [1.807, 2.05) is 6.92 Å². The first kappa shape index (κ1) is 14.7. The molecule has 1 aromatic rings. The summed E-state index contributed by atoms with van der Waals surface area (Å²) in [6.45, 7) is 2.48. The van der Waals surface area contributed by atoms with Gasteiger partial charge in [-0.2, -0.15) is 0 Å². The van der Waals surface area contributed by atoms with Crippen molar-refractivity contribution in [2.45, 2.75) is 51.5 Å². The molecule has 3 N–H and O–H groups in total. The van der Waals surface area contributed by atoms with Gasteiger partial charge in [-0.25, -0.2) is 0 Å². The molecule has 1 fully saturated rings. The fourth-order valence-electron chi connectivity index (χ4n) is 2.67. The average molecular weight is 276 g/mol. The molecule has 0 radical (unpaired) electrons. The van der Waals surface area contributed by atoms with Gasteiger partial charge in [-0.1, -0.05) is 25.7 Å². The molecule has 0 atom stereocenters. The third-order valence-electron chi connectivity index (χ3n) is 3.76. The predicted octanol–water partition coefficient (Wildman–Crippen LogP) is 3.12. The van der Waals surface area contributed by atoms with Gasteiger partial charge >= 0.3 is 0 Å². The number of carbonyl (C=O) groups is 1. The van der Waals surface area contributed by atoms with Crippen LogP contribution in [0.25, 0.3) is 0 Å². The zero-order chi connectivity index (χ0) is 14.4. The van der Waals surface area contributed by atoms with Gasteiger partial charge in [-0.3, -0.25) is 4.79 Å². The van der Waals surface area contributed by atoms with E-state index in [-0.39, 0.29) is 5.91 Å². The first-order valence-corrected chi connectivity index (χ1v) is 7.54. The van der Waals surface area contributed by atoms with Gasteiger partial charge in [0.15, 0.2) is 0 Å². The Morgan fingerprint density at radius 3 is 2.60 bits per heavy atom. The van der Waals surface area contributed by atoms with Gasteiger partial charge in [-0.15, -0.1) is 0 Å². The van der Waals surface area contributed by atoms with E-state index in [0.29, 0.717) is 29.6 Å². The molecule has 1 aliphatic rings. The Morgan fingerprint density at radius 1 is 1.30 bits per heavy atom. The first-order chi connectivity index (χ1) is 9.70. The summed E-state index contributed by atoms with van der Waals surface area (Å²) < 4.78 is 5.38. The monoisotopic (exact) mass is 276 g/mol. The summed E-state index contributed by atoms with van der Waals surface area (Å²) in [5.41, 5.74) is 7.02. The van der Waals surface area contributed by atoms with Crippen molar-refractivity contribution in [3.05, 3.63) is 23.8 Å². The van der Waals surface area contributed by atoms with Crippen LogP contribution in [0.5, 0.6) is 5.75 Å². The minimum atomic E-state index is -0.0355. The third-order valence-corrected chi connectivity index (χ3v) is 3.76. The lowest BCUT2D eigenvalue weighted by molar-refractivity contribution is 0.0933. The molecule has 1 aliphatic carbocycles. The molecule has 0 aromatic heterocycles. The van der Waals surface area contributed by atoms with Crippen LogP contribution in [0.4, 0.5) is 5.69 Å². The number of ether oxygens (including phenoxy) is 1. The summed E-state index contributed by atoms with van der Waals surface area (Å²) in [7, 11) is 0. The number of hydrogen-bond donors (Lipinski definition) is 2. The van der Waals surface area contributed by atoms with Crippen molar-refractivity contribution in [1.29, 1.82) is 0 Å². The number of anilines is 1. The molecule has 0 unspecified atom stereocenters. The Hall–Kier alpha value is -1.71. The Balaban J connectivity index is 1.99. The highest BCUT2D eigenvalue weighted by Crippen LogP contribution is 2.23. The van der Waals surface area contributed by atoms with Crippen LogP contribution in [-0.2, 0) is 0 Å². The minimum Gasteiger partial charge on any atom is -0.492 e. The fourth-order valence-corrected chi connectivity index (χ4v) is 2.67. The number of hydrogen-bond acceptors (Lipinski definition) is 3. The maximum Gasteiger partial charge on any atom is 0.251 e. The van der Waals surface area contributed by atoms with Crippen LogP contribution in [0.1, 0.15) is 55.8 Å². The van der Waals surface area contributed by atoms with Crippen LogP contribution in [0, 0.1) is 0 Å². The Labute approximate surface area is 120 Å². The lowest BCUT2D eigenvalue weighted by atomic mass is 10.1. The van der Waals surface area contributed by atoms with Crippen LogP contribution in [0.2, 0.25) is 0 Å². The molecular weight excluding hydrogens is 252 g/mol. The van der Waals surface area contributed by atoms with Gasteiger partial charge in [0, 0.05) is 11.6 Å². The van der Waals surface area contributed by atoms with Crippen molar-refractivity contribution in [2.24, 2.45) is 0 Å². The number of carbonyl (C=O) groups excluding carboxylic acids is 1. The Morgan fingerprint density at radius 2 is 2.00 bits per heavy atom. The zero-order valence-electron chi connectivity index (χ0n) is 12.2. The molecule has 110 valence electrons. The van der Waals surface area contributed by atoms with E-state index in [1.165, 1.54) is 25.7 Å². The standard InChI is InChI=1S/C16H24N2O2/c1-2-20-15-10-9-12(11-14(15)17)16(19)18-13-7-5-3-4-6-8-13/h9-11,13H,2-8,17H2,1H3,(H,18,19). The summed E-state index contributed by atoms with van der Waals surface area (Å²) >= 11 is 0. The van der Waals surface area contributed by atoms with Gasteiger partial charge in [0.2, 0.25) is 0 Å². The molecule has 1 aromatic carbocycles. The SMILES string of the molecule is CCOc1ccc(C(=O)NC2CCCCCC2)cc1N. The summed E-state index contributed by atoms with van der Waals surface area (Å²) in [5, 5.41) is 3.12. The smallest absolute Gasteiger partial charge is 0.251 e. The highest BCUT2D eigenvalue weighted by Gasteiger charge is 2.16. The van der Waals surface area contributed by atoms with Crippen molar-refractivity contribution >= 4 is 11.6 Å². The minimum absolute atomic E-state index is 0.0355. The van der Waals surface area contributed by atoms with Crippen LogP contribution < -0.4 is 15.8 Å². The predicted molar refractivity (Wildman–Crippen MR) is 81.0 cm³/mol. The molecule has 4 nitrogen and oxygen atoms in total. The number of amides is 1. The van der Waals surface area contributed by atoms with E-state index in [4.69, 9.17) is 10.5 Å². The van der Waals surface area contributed by atoms with Crippen molar-refractivity contribution in [3.8, 4) is 5.75 Å². The zero-order valence-corrected chi connectivity index (χ0v) is 12.2. The number of nitrogens with two attached hydrogens (primary N) is 1. The topological polar surface area (TPSA) is 64.3 Å². The summed E-state index contributed by atoms with van der Waals surface area (Å²) in [5.74, 6) is 0.602. The third kappa shape index (κ3) is 3.89. The summed E-state index contributed by atoms with van der Waals surface area (Å²) in [6.07, 6.45) is 7.13. The van der Waals surface area contributed by atoms with Crippen LogP contribution in [-0.4, -0.2) is 18.6 Å². The van der Waals surface area contributed by atoms with E-state index < -0.39 is 0 Å². The molecule has 0 spiro atoms. The molecule has 0 heterocycles. The second kappa shape index (κ2) is 7.17. The van der Waals surface area contributed by atoms with Crippen molar-refractivity contribution in [1.82, 2.24) is 5.32 Å². The number of nitrogens with one attached hydrogen (secondary N) is 1. The first-order valence-electron chi connectivity index (χ1n) is 7.54. The van der Waals surface area contributed by atoms with Gasteiger partial charge in [0.05, 0.1) is 12.3 Å². The van der Waals surface area contributed by atoms with Crippen molar-refractivity contribution in [2.75, 3.05) is 12.3 Å².